The van der Waals surface area contributed by atoms with Gasteiger partial charge in [0.25, 0.3) is 5.56 Å². The smallest absolute Gasteiger partial charge is 0.255 e. The normalized spacial score (nSPS) is 24.6. The Hall–Kier alpha value is -0.870. The van der Waals surface area contributed by atoms with Gasteiger partial charge >= 0.3 is 0 Å². The first kappa shape index (κ1) is 14.1. The summed E-state index contributed by atoms with van der Waals surface area (Å²) in [5.41, 5.74) is 0.0402. The summed E-state index contributed by atoms with van der Waals surface area (Å²) in [6, 6.07) is 1.39. The molecule has 0 aromatic carbocycles. The Morgan fingerprint density at radius 1 is 1.45 bits per heavy atom. The van der Waals surface area contributed by atoms with Gasteiger partial charge in [0.2, 0.25) is 0 Å². The van der Waals surface area contributed by atoms with Crippen LogP contribution < -0.4 is 5.56 Å². The lowest BCUT2D eigenvalue weighted by Gasteiger charge is -2.24. The molecular formula is C15H21ClN2O2. The quantitative estimate of drug-likeness (QED) is 0.806. The van der Waals surface area contributed by atoms with Crippen LogP contribution in [0.2, 0.25) is 5.15 Å². The Bertz CT molecular complexity index is 549. The van der Waals surface area contributed by atoms with Gasteiger partial charge in [0.05, 0.1) is 18.2 Å². The Balaban J connectivity index is 1.77. The molecule has 5 heteroatoms. The fourth-order valence-electron chi connectivity index (χ4n) is 3.60. The maximum absolute atomic E-state index is 12.1. The molecule has 0 amide bonds. The van der Waals surface area contributed by atoms with Crippen molar-refractivity contribution < 1.29 is 4.74 Å². The van der Waals surface area contributed by atoms with Crippen molar-refractivity contribution in [3.63, 3.8) is 0 Å². The number of aromatic nitrogens is 2. The van der Waals surface area contributed by atoms with Crippen molar-refractivity contribution in [1.82, 2.24) is 9.55 Å². The van der Waals surface area contributed by atoms with Gasteiger partial charge in [-0.15, -0.1) is 0 Å². The van der Waals surface area contributed by atoms with Crippen LogP contribution in [0.25, 0.3) is 0 Å². The molecule has 1 atom stereocenters. The van der Waals surface area contributed by atoms with Crippen LogP contribution in [0.4, 0.5) is 0 Å². The predicted octanol–water partition coefficient (Wildman–Crippen LogP) is 2.95. The Kier molecular flexibility index (Phi) is 3.87. The molecule has 1 aromatic heterocycles. The molecule has 1 aliphatic heterocycles. The highest BCUT2D eigenvalue weighted by Gasteiger charge is 2.42. The zero-order valence-corrected chi connectivity index (χ0v) is 12.7. The third kappa shape index (κ3) is 2.63. The first-order chi connectivity index (χ1) is 9.62. The highest BCUT2D eigenvalue weighted by Crippen LogP contribution is 2.43. The van der Waals surface area contributed by atoms with E-state index in [1.807, 2.05) is 6.92 Å². The van der Waals surface area contributed by atoms with Gasteiger partial charge in [-0.25, -0.2) is 4.98 Å². The summed E-state index contributed by atoms with van der Waals surface area (Å²) in [6.45, 7) is 2.59. The van der Waals surface area contributed by atoms with Crippen LogP contribution in [0.1, 0.15) is 51.3 Å². The van der Waals surface area contributed by atoms with E-state index in [1.54, 1.807) is 4.57 Å². The number of nitrogens with zero attached hydrogens (tertiary/aromatic N) is 2. The summed E-state index contributed by atoms with van der Waals surface area (Å²) in [7, 11) is 0. The molecule has 1 unspecified atom stereocenters. The van der Waals surface area contributed by atoms with E-state index in [0.717, 1.165) is 18.7 Å². The molecular weight excluding hydrogens is 276 g/mol. The second-order valence-electron chi connectivity index (χ2n) is 5.97. The Morgan fingerprint density at radius 3 is 2.90 bits per heavy atom. The standard InChI is InChI=1S/C15H21ClN2O2/c1-2-13-17-12(16)9-14(19)18(13)10-11-5-8-15(20-11)6-3-4-7-15/h9,11H,2-8,10H2,1H3. The van der Waals surface area contributed by atoms with E-state index in [4.69, 9.17) is 16.3 Å². The summed E-state index contributed by atoms with van der Waals surface area (Å²) in [6.07, 6.45) is 7.92. The number of aryl methyl sites for hydroxylation is 1. The van der Waals surface area contributed by atoms with E-state index in [1.165, 1.54) is 31.7 Å². The highest BCUT2D eigenvalue weighted by molar-refractivity contribution is 6.29. The Morgan fingerprint density at radius 2 is 2.20 bits per heavy atom. The number of hydrogen-bond donors (Lipinski definition) is 0. The summed E-state index contributed by atoms with van der Waals surface area (Å²) >= 11 is 5.86. The molecule has 1 aromatic rings. The average molecular weight is 297 g/mol. The Labute approximate surface area is 124 Å². The zero-order valence-electron chi connectivity index (χ0n) is 11.9. The summed E-state index contributed by atoms with van der Waals surface area (Å²) < 4.78 is 8.00. The van der Waals surface area contributed by atoms with E-state index in [2.05, 4.69) is 4.98 Å². The van der Waals surface area contributed by atoms with Gasteiger partial charge in [-0.3, -0.25) is 9.36 Å². The van der Waals surface area contributed by atoms with E-state index >= 15 is 0 Å². The van der Waals surface area contributed by atoms with Crippen LogP contribution in [-0.2, 0) is 17.7 Å². The van der Waals surface area contributed by atoms with Crippen LogP contribution in [0.15, 0.2) is 10.9 Å². The molecule has 1 aliphatic carbocycles. The van der Waals surface area contributed by atoms with E-state index in [0.29, 0.717) is 13.0 Å². The lowest BCUT2D eigenvalue weighted by molar-refractivity contribution is -0.0424. The number of ether oxygens (including phenoxy) is 1. The first-order valence-electron chi connectivity index (χ1n) is 7.56. The minimum Gasteiger partial charge on any atom is -0.370 e. The van der Waals surface area contributed by atoms with Crippen LogP contribution >= 0.6 is 11.6 Å². The molecule has 2 heterocycles. The predicted molar refractivity (Wildman–Crippen MR) is 78.2 cm³/mol. The molecule has 20 heavy (non-hydrogen) atoms. The van der Waals surface area contributed by atoms with Crippen molar-refractivity contribution in [3.8, 4) is 0 Å². The van der Waals surface area contributed by atoms with Gasteiger partial charge in [-0.1, -0.05) is 31.4 Å². The monoisotopic (exact) mass is 296 g/mol. The molecule has 1 saturated carbocycles. The highest BCUT2D eigenvalue weighted by atomic mass is 35.5. The van der Waals surface area contributed by atoms with Crippen LogP contribution in [0, 0.1) is 0 Å². The molecule has 4 nitrogen and oxygen atoms in total. The first-order valence-corrected chi connectivity index (χ1v) is 7.94. The van der Waals surface area contributed by atoms with Crippen molar-refractivity contribution in [2.45, 2.75) is 70.1 Å². The van der Waals surface area contributed by atoms with E-state index in [9.17, 15) is 4.79 Å². The fraction of sp³-hybridized carbons (Fsp3) is 0.733. The molecule has 110 valence electrons. The maximum Gasteiger partial charge on any atom is 0.255 e. The zero-order chi connectivity index (χ0) is 14.2. The minimum absolute atomic E-state index is 0.0715. The van der Waals surface area contributed by atoms with Gasteiger partial charge in [-0.2, -0.15) is 0 Å². The van der Waals surface area contributed by atoms with Gasteiger partial charge in [0.1, 0.15) is 11.0 Å². The van der Waals surface area contributed by atoms with Gasteiger partial charge in [0, 0.05) is 12.5 Å². The average Bonchev–Trinajstić information content (AvgIpc) is 3.03. The van der Waals surface area contributed by atoms with Crippen LogP contribution in [0.5, 0.6) is 0 Å². The molecule has 1 saturated heterocycles. The molecule has 0 N–H and O–H groups in total. The van der Waals surface area contributed by atoms with Crippen LogP contribution in [0.3, 0.4) is 0 Å². The largest absolute Gasteiger partial charge is 0.370 e. The van der Waals surface area contributed by atoms with Gasteiger partial charge in [0.15, 0.2) is 0 Å². The van der Waals surface area contributed by atoms with Crippen molar-refractivity contribution in [3.05, 3.63) is 27.4 Å². The lowest BCUT2D eigenvalue weighted by atomic mass is 9.98. The third-order valence-corrected chi connectivity index (χ3v) is 4.81. The summed E-state index contributed by atoms with van der Waals surface area (Å²) in [5.74, 6) is 0.749. The minimum atomic E-state index is -0.0715. The third-order valence-electron chi connectivity index (χ3n) is 4.61. The number of halogens is 1. The number of hydrogen-bond acceptors (Lipinski definition) is 3. The molecule has 1 spiro atoms. The van der Waals surface area contributed by atoms with E-state index < -0.39 is 0 Å². The SMILES string of the molecule is CCc1nc(Cl)cc(=O)n1CC1CCC2(CCCC2)O1. The molecule has 2 aliphatic rings. The van der Waals surface area contributed by atoms with Gasteiger partial charge < -0.3 is 4.74 Å². The maximum atomic E-state index is 12.1. The van der Waals surface area contributed by atoms with Crippen molar-refractivity contribution in [2.24, 2.45) is 0 Å². The summed E-state index contributed by atoms with van der Waals surface area (Å²) in [5, 5.41) is 0.280. The van der Waals surface area contributed by atoms with Crippen molar-refractivity contribution >= 4 is 11.6 Å². The molecule has 0 bridgehead atoms. The second kappa shape index (κ2) is 5.49. The summed E-state index contributed by atoms with van der Waals surface area (Å²) in [4.78, 5) is 16.4. The topological polar surface area (TPSA) is 44.1 Å². The number of rotatable bonds is 3. The van der Waals surface area contributed by atoms with Crippen molar-refractivity contribution in [2.75, 3.05) is 0 Å². The fourth-order valence-corrected chi connectivity index (χ4v) is 3.79. The van der Waals surface area contributed by atoms with E-state index in [-0.39, 0.29) is 22.4 Å². The van der Waals surface area contributed by atoms with Crippen molar-refractivity contribution in [1.29, 1.82) is 0 Å². The second-order valence-corrected chi connectivity index (χ2v) is 6.35. The molecule has 3 rings (SSSR count). The van der Waals surface area contributed by atoms with Gasteiger partial charge in [-0.05, 0) is 25.7 Å². The molecule has 2 fully saturated rings. The molecule has 0 radical (unpaired) electrons. The van der Waals surface area contributed by atoms with Crippen LogP contribution in [-0.4, -0.2) is 21.3 Å². The lowest BCUT2D eigenvalue weighted by Crippen LogP contribution is -2.32.